The number of hydrogen-bond donors (Lipinski definition) is 0. The molecule has 5 nitrogen and oxygen atoms in total. The summed E-state index contributed by atoms with van der Waals surface area (Å²) in [6.45, 7) is 10.1. The van der Waals surface area contributed by atoms with Crippen molar-refractivity contribution in [2.45, 2.75) is 26.7 Å². The molecule has 0 saturated carbocycles. The Hall–Kier alpha value is -1.62. The third-order valence-corrected chi connectivity index (χ3v) is 3.58. The van der Waals surface area contributed by atoms with Crippen LogP contribution in [0.1, 0.15) is 26.7 Å². The molecule has 0 aromatic heterocycles. The molecule has 1 rings (SSSR count). The fourth-order valence-electron chi connectivity index (χ4n) is 1.92. The van der Waals surface area contributed by atoms with Crippen LogP contribution in [0.15, 0.2) is 24.3 Å². The molecule has 1 saturated heterocycles. The zero-order valence-electron chi connectivity index (χ0n) is 13.2. The van der Waals surface area contributed by atoms with Gasteiger partial charge in [0.15, 0.2) is 0 Å². The van der Waals surface area contributed by atoms with E-state index in [0.717, 1.165) is 0 Å². The van der Waals surface area contributed by atoms with E-state index in [0.29, 0.717) is 38.3 Å². The molecule has 1 heterocycles. The minimum absolute atomic E-state index is 0.0636. The minimum atomic E-state index is -0.448. The highest BCUT2D eigenvalue weighted by atomic mass is 16.5. The molecule has 0 atom stereocenters. The maximum Gasteiger partial charge on any atom is 0.333 e. The first kappa shape index (κ1) is 17.4. The maximum absolute atomic E-state index is 12.2. The minimum Gasteiger partial charge on any atom is -0.466 e. The van der Waals surface area contributed by atoms with E-state index in [1.807, 2.05) is 19.9 Å². The van der Waals surface area contributed by atoms with E-state index in [9.17, 15) is 9.59 Å². The van der Waals surface area contributed by atoms with Gasteiger partial charge in [-0.1, -0.05) is 26.0 Å². The van der Waals surface area contributed by atoms with Crippen molar-refractivity contribution >= 4 is 11.9 Å². The number of carbonyl (C=O) groups excluding carboxylic acids is 2. The summed E-state index contributed by atoms with van der Waals surface area (Å²) < 4.78 is 9.99. The number of hydrogen-bond acceptors (Lipinski definition) is 4. The molecule has 1 aliphatic heterocycles. The van der Waals surface area contributed by atoms with E-state index in [-0.39, 0.29) is 17.7 Å². The Kier molecular flexibility index (Phi) is 6.62. The van der Waals surface area contributed by atoms with Crippen molar-refractivity contribution in [3.8, 4) is 0 Å². The van der Waals surface area contributed by atoms with Crippen LogP contribution in [-0.2, 0) is 19.1 Å². The summed E-state index contributed by atoms with van der Waals surface area (Å²) in [4.78, 5) is 25.8. The van der Waals surface area contributed by atoms with Crippen molar-refractivity contribution in [3.05, 3.63) is 24.3 Å². The Morgan fingerprint density at radius 2 is 1.95 bits per heavy atom. The van der Waals surface area contributed by atoms with Gasteiger partial charge in [-0.15, -0.1) is 6.58 Å². The fraction of sp³-hybridized carbons (Fsp3) is 0.625. The summed E-state index contributed by atoms with van der Waals surface area (Å²) in [6.07, 6.45) is 4.32. The van der Waals surface area contributed by atoms with Crippen molar-refractivity contribution in [1.29, 1.82) is 0 Å². The van der Waals surface area contributed by atoms with Crippen LogP contribution in [0.3, 0.4) is 0 Å². The molecule has 5 heteroatoms. The summed E-state index contributed by atoms with van der Waals surface area (Å²) in [5.41, 5.74) is 0.283. The average molecular weight is 295 g/mol. The molecule has 21 heavy (non-hydrogen) atoms. The number of carbonyl (C=O) groups is 2. The average Bonchev–Trinajstić information content (AvgIpc) is 2.51. The lowest BCUT2D eigenvalue weighted by Crippen LogP contribution is -2.41. The summed E-state index contributed by atoms with van der Waals surface area (Å²) in [5.74, 6) is -0.511. The largest absolute Gasteiger partial charge is 0.466 e. The molecule has 1 fully saturated rings. The summed E-state index contributed by atoms with van der Waals surface area (Å²) in [5, 5.41) is 0. The van der Waals surface area contributed by atoms with Gasteiger partial charge in [-0.05, 0) is 11.8 Å². The molecule has 0 aromatic rings. The van der Waals surface area contributed by atoms with Crippen LogP contribution in [0, 0.1) is 5.41 Å². The van der Waals surface area contributed by atoms with Crippen molar-refractivity contribution < 1.29 is 19.1 Å². The van der Waals surface area contributed by atoms with E-state index >= 15 is 0 Å². The second-order valence-corrected chi connectivity index (χ2v) is 5.79. The monoisotopic (exact) mass is 295 g/mol. The van der Waals surface area contributed by atoms with Gasteiger partial charge >= 0.3 is 5.97 Å². The normalized spacial score (nSPS) is 16.5. The first-order valence-electron chi connectivity index (χ1n) is 7.16. The van der Waals surface area contributed by atoms with Crippen LogP contribution in [0.25, 0.3) is 0 Å². The van der Waals surface area contributed by atoms with E-state index in [2.05, 4.69) is 6.58 Å². The number of methoxy groups -OCH3 is 1. The second kappa shape index (κ2) is 7.98. The van der Waals surface area contributed by atoms with E-state index in [1.54, 1.807) is 11.0 Å². The first-order chi connectivity index (χ1) is 9.89. The SMILES string of the molecule is C=CC(C)(C)C/C=C(\CC(=O)N1CCOCC1)C(=O)OC. The zero-order valence-corrected chi connectivity index (χ0v) is 13.2. The Labute approximate surface area is 126 Å². The molecule has 0 aliphatic carbocycles. The van der Waals surface area contributed by atoms with Crippen molar-refractivity contribution in [1.82, 2.24) is 4.90 Å². The van der Waals surface area contributed by atoms with Gasteiger partial charge in [0.1, 0.15) is 0 Å². The van der Waals surface area contributed by atoms with E-state index < -0.39 is 5.97 Å². The van der Waals surface area contributed by atoms with Gasteiger partial charge in [-0.2, -0.15) is 0 Å². The smallest absolute Gasteiger partial charge is 0.333 e. The maximum atomic E-state index is 12.2. The van der Waals surface area contributed by atoms with E-state index in [4.69, 9.17) is 9.47 Å². The van der Waals surface area contributed by atoms with Crippen LogP contribution in [-0.4, -0.2) is 50.2 Å². The second-order valence-electron chi connectivity index (χ2n) is 5.79. The number of rotatable bonds is 6. The number of amides is 1. The molecule has 1 aliphatic rings. The number of morpholine rings is 1. The molecule has 0 spiro atoms. The van der Waals surface area contributed by atoms with Gasteiger partial charge in [-0.3, -0.25) is 4.79 Å². The van der Waals surface area contributed by atoms with Crippen LogP contribution in [0.2, 0.25) is 0 Å². The summed E-state index contributed by atoms with van der Waals surface area (Å²) in [6, 6.07) is 0. The molecular formula is C16H25NO4. The van der Waals surface area contributed by atoms with Crippen molar-refractivity contribution in [2.75, 3.05) is 33.4 Å². The first-order valence-corrected chi connectivity index (χ1v) is 7.16. The highest BCUT2D eigenvalue weighted by Crippen LogP contribution is 2.23. The predicted octanol–water partition coefficient (Wildman–Crippen LogP) is 1.94. The summed E-state index contributed by atoms with van der Waals surface area (Å²) >= 11 is 0. The molecular weight excluding hydrogens is 270 g/mol. The highest BCUT2D eigenvalue weighted by Gasteiger charge is 2.22. The topological polar surface area (TPSA) is 55.8 Å². The van der Waals surface area contributed by atoms with Gasteiger partial charge in [0.05, 0.1) is 26.7 Å². The lowest BCUT2D eigenvalue weighted by atomic mass is 9.88. The zero-order chi connectivity index (χ0) is 15.9. The Bertz CT molecular complexity index is 420. The Morgan fingerprint density at radius 1 is 1.33 bits per heavy atom. The Morgan fingerprint density at radius 3 is 2.48 bits per heavy atom. The van der Waals surface area contributed by atoms with Crippen LogP contribution >= 0.6 is 0 Å². The molecule has 0 aromatic carbocycles. The number of ether oxygens (including phenoxy) is 2. The van der Waals surface area contributed by atoms with Crippen molar-refractivity contribution in [3.63, 3.8) is 0 Å². The number of esters is 1. The van der Waals surface area contributed by atoms with Crippen LogP contribution < -0.4 is 0 Å². The quantitative estimate of drug-likeness (QED) is 0.427. The molecule has 0 N–H and O–H groups in total. The molecule has 0 radical (unpaired) electrons. The van der Waals surface area contributed by atoms with Crippen LogP contribution in [0.5, 0.6) is 0 Å². The molecule has 0 unspecified atom stereocenters. The standard InChI is InChI=1S/C16H25NO4/c1-5-16(2,3)7-6-13(15(19)20-4)12-14(18)17-8-10-21-11-9-17/h5-6H,1,7-12H2,2-4H3/b13-6+. The van der Waals surface area contributed by atoms with Gasteiger partial charge < -0.3 is 14.4 Å². The number of allylic oxidation sites excluding steroid dienone is 2. The predicted molar refractivity (Wildman–Crippen MR) is 80.7 cm³/mol. The van der Waals surface area contributed by atoms with Crippen LogP contribution in [0.4, 0.5) is 0 Å². The fourth-order valence-corrected chi connectivity index (χ4v) is 1.92. The van der Waals surface area contributed by atoms with Gasteiger partial charge in [0.2, 0.25) is 5.91 Å². The molecule has 1 amide bonds. The van der Waals surface area contributed by atoms with Gasteiger partial charge in [-0.25, -0.2) is 4.79 Å². The lowest BCUT2D eigenvalue weighted by molar-refractivity contribution is -0.140. The summed E-state index contributed by atoms with van der Waals surface area (Å²) in [7, 11) is 1.33. The third kappa shape index (κ3) is 5.71. The van der Waals surface area contributed by atoms with E-state index in [1.165, 1.54) is 7.11 Å². The van der Waals surface area contributed by atoms with Crippen molar-refractivity contribution in [2.24, 2.45) is 5.41 Å². The molecule has 0 bridgehead atoms. The highest BCUT2D eigenvalue weighted by molar-refractivity contribution is 5.95. The molecule has 118 valence electrons. The third-order valence-electron chi connectivity index (χ3n) is 3.58. The Balaban J connectivity index is 2.73. The number of nitrogens with zero attached hydrogens (tertiary/aromatic N) is 1. The lowest BCUT2D eigenvalue weighted by Gasteiger charge is -2.27. The van der Waals surface area contributed by atoms with Gasteiger partial charge in [0, 0.05) is 18.7 Å². The van der Waals surface area contributed by atoms with Gasteiger partial charge in [0.25, 0.3) is 0 Å².